The molecule has 0 spiro atoms. The van der Waals surface area contributed by atoms with Gasteiger partial charge >= 0.3 is 0 Å². The van der Waals surface area contributed by atoms with Gasteiger partial charge in [-0.3, -0.25) is 0 Å². The maximum absolute atomic E-state index is 2.57. The molecule has 0 radical (unpaired) electrons. The first-order valence-corrected chi connectivity index (χ1v) is 29.5. The van der Waals surface area contributed by atoms with Crippen LogP contribution in [0.3, 0.4) is 0 Å². The third-order valence-electron chi connectivity index (χ3n) is 17.9. The summed E-state index contributed by atoms with van der Waals surface area (Å²) in [5.74, 6) is 1.60. The van der Waals surface area contributed by atoms with Crippen LogP contribution in [0.5, 0.6) is 0 Å². The van der Waals surface area contributed by atoms with Crippen LogP contribution in [0, 0.1) is 0 Å². The number of hydrogen-bond donors (Lipinski definition) is 0. The minimum Gasteiger partial charge on any atom is -0.309 e. The number of benzene rings is 11. The van der Waals surface area contributed by atoms with Crippen LogP contribution in [-0.2, 0) is 0 Å². The van der Waals surface area contributed by atoms with Crippen LogP contribution in [0.1, 0.15) is 101 Å². The van der Waals surface area contributed by atoms with Crippen LogP contribution in [0.2, 0.25) is 0 Å². The number of anilines is 6. The molecule has 0 saturated heterocycles. The van der Waals surface area contributed by atoms with Gasteiger partial charge in [-0.15, -0.1) is 0 Å². The molecule has 11 aromatic carbocycles. The molecule has 0 unspecified atom stereocenters. The lowest BCUT2D eigenvalue weighted by molar-refractivity contribution is 0.866. The number of para-hydroxylation sites is 2. The molecule has 15 aromatic rings. The number of fused-ring (bicyclic) bond motifs is 12. The van der Waals surface area contributed by atoms with E-state index >= 15 is 0 Å². The van der Waals surface area contributed by atoms with E-state index in [1.54, 1.807) is 0 Å². The Bertz CT molecular complexity index is 4590. The topological polar surface area (TPSA) is 15.3 Å². The summed E-state index contributed by atoms with van der Waals surface area (Å²) in [6.07, 6.45) is 0. The third kappa shape index (κ3) is 7.57. The monoisotopic (exact) mass is 1060 g/mol. The maximum Gasteiger partial charge on any atom is 0.0641 e. The van der Waals surface area contributed by atoms with Crippen LogP contribution in [-0.4, -0.2) is 8.80 Å². The molecule has 4 aromatic heterocycles. The second-order valence-corrected chi connectivity index (χ2v) is 24.1. The molecule has 4 heteroatoms. The Morgan fingerprint density at radius 1 is 0.268 bits per heavy atom. The first kappa shape index (κ1) is 49.6. The Labute approximate surface area is 480 Å². The van der Waals surface area contributed by atoms with E-state index in [1.807, 2.05) is 0 Å². The second kappa shape index (κ2) is 19.1. The molecule has 0 aliphatic rings. The van der Waals surface area contributed by atoms with Crippen molar-refractivity contribution in [2.75, 3.05) is 9.80 Å². The SMILES string of the molecule is CC(C)c1ccc(N(c2ccc(C(C)C)cc2-c2ccccc2)c2ccc3c4cc5c(cc4n4c6ccccc6c2c34)c2ccc(N(c3ccc(C(C)C)cc3)c3ccc(C(C)C)cc3-c3ccccc3)c3c4ccccc4n5c23)cc1. The van der Waals surface area contributed by atoms with Gasteiger partial charge in [0.1, 0.15) is 0 Å². The van der Waals surface area contributed by atoms with Crippen molar-refractivity contribution in [2.24, 2.45) is 0 Å². The Morgan fingerprint density at radius 3 is 0.988 bits per heavy atom. The minimum atomic E-state index is 0.381. The molecule has 82 heavy (non-hydrogen) atoms. The lowest BCUT2D eigenvalue weighted by Gasteiger charge is -2.30. The molecule has 0 fully saturated rings. The molecule has 0 bridgehead atoms. The maximum atomic E-state index is 2.57. The Kier molecular flexibility index (Phi) is 11.6. The molecule has 398 valence electrons. The molecule has 0 amide bonds. The van der Waals surface area contributed by atoms with E-state index in [-0.39, 0.29) is 0 Å². The van der Waals surface area contributed by atoms with Crippen molar-refractivity contribution in [1.82, 2.24) is 8.80 Å². The van der Waals surface area contributed by atoms with Crippen molar-refractivity contribution in [3.8, 4) is 22.3 Å². The fourth-order valence-electron chi connectivity index (χ4n) is 13.6. The minimum absolute atomic E-state index is 0.381. The van der Waals surface area contributed by atoms with Crippen molar-refractivity contribution in [2.45, 2.75) is 79.1 Å². The number of hydrogen-bond acceptors (Lipinski definition) is 2. The van der Waals surface area contributed by atoms with E-state index in [0.29, 0.717) is 23.7 Å². The van der Waals surface area contributed by atoms with E-state index in [4.69, 9.17) is 0 Å². The molecule has 15 rings (SSSR count). The van der Waals surface area contributed by atoms with E-state index in [1.165, 1.54) is 121 Å². The lowest BCUT2D eigenvalue weighted by Crippen LogP contribution is -2.12. The van der Waals surface area contributed by atoms with Crippen LogP contribution < -0.4 is 9.80 Å². The fourth-order valence-corrected chi connectivity index (χ4v) is 13.6. The molecular formula is C78H66N4. The highest BCUT2D eigenvalue weighted by Crippen LogP contribution is 2.53. The van der Waals surface area contributed by atoms with E-state index in [2.05, 4.69) is 305 Å². The van der Waals surface area contributed by atoms with Crippen molar-refractivity contribution >= 4 is 110 Å². The van der Waals surface area contributed by atoms with Crippen molar-refractivity contribution in [3.63, 3.8) is 0 Å². The molecule has 0 N–H and O–H groups in total. The zero-order valence-electron chi connectivity index (χ0n) is 48.0. The summed E-state index contributed by atoms with van der Waals surface area (Å²) in [5.41, 5.74) is 24.4. The summed E-state index contributed by atoms with van der Waals surface area (Å²) < 4.78 is 5.15. The second-order valence-electron chi connectivity index (χ2n) is 24.1. The van der Waals surface area contributed by atoms with Gasteiger partial charge < -0.3 is 18.6 Å². The van der Waals surface area contributed by atoms with Gasteiger partial charge in [0, 0.05) is 65.6 Å². The quantitative estimate of drug-likeness (QED) is 0.121. The summed E-state index contributed by atoms with van der Waals surface area (Å²) in [4.78, 5) is 5.07. The Hall–Kier alpha value is -9.38. The molecular weight excluding hydrogens is 993 g/mol. The molecule has 4 nitrogen and oxygen atoms in total. The predicted octanol–water partition coefficient (Wildman–Crippen LogP) is 22.8. The zero-order valence-corrected chi connectivity index (χ0v) is 48.0. The van der Waals surface area contributed by atoms with Crippen LogP contribution in [0.15, 0.2) is 231 Å². The smallest absolute Gasteiger partial charge is 0.0641 e. The summed E-state index contributed by atoms with van der Waals surface area (Å²) in [6.45, 7) is 18.3. The first-order valence-electron chi connectivity index (χ1n) is 29.5. The van der Waals surface area contributed by atoms with Gasteiger partial charge in [0.05, 0.1) is 55.8 Å². The molecule has 4 heterocycles. The molecule has 0 saturated carbocycles. The molecule has 0 aliphatic heterocycles. The summed E-state index contributed by atoms with van der Waals surface area (Å²) >= 11 is 0. The fraction of sp³-hybridized carbons (Fsp3) is 0.154. The van der Waals surface area contributed by atoms with Gasteiger partial charge in [-0.2, -0.15) is 0 Å². The number of aromatic nitrogens is 2. The van der Waals surface area contributed by atoms with Gasteiger partial charge in [-0.25, -0.2) is 0 Å². The highest BCUT2D eigenvalue weighted by Gasteiger charge is 2.30. The van der Waals surface area contributed by atoms with Crippen molar-refractivity contribution in [3.05, 3.63) is 253 Å². The number of rotatable bonds is 12. The number of nitrogens with zero attached hydrogens (tertiary/aromatic N) is 4. The van der Waals surface area contributed by atoms with Crippen LogP contribution >= 0.6 is 0 Å². The van der Waals surface area contributed by atoms with Crippen LogP contribution in [0.4, 0.5) is 34.1 Å². The lowest BCUT2D eigenvalue weighted by atomic mass is 9.94. The van der Waals surface area contributed by atoms with Crippen LogP contribution in [0.25, 0.3) is 98.4 Å². The largest absolute Gasteiger partial charge is 0.309 e. The van der Waals surface area contributed by atoms with Crippen molar-refractivity contribution < 1.29 is 0 Å². The standard InChI is InChI=1S/C78H66N4/c1-47(2)51-27-33-57(34-28-51)79(69-39-31-55(49(5)6)43-63(69)53-19-11-9-12-20-53)71-41-37-59-65-45-74-66(46-73(65)81-67-25-17-15-23-61(67)75(71)77(59)81)60-38-42-72(76-62-24-16-18-26-68(62)82(74)78(60)76)80(58-35-29-52(30-36-58)48(3)4)70-40-32-56(50(7)8)44-64(70)54-21-13-10-14-22-54/h9-50H,1-8H3. The van der Waals surface area contributed by atoms with Crippen molar-refractivity contribution in [1.29, 1.82) is 0 Å². The Balaban J connectivity index is 1.00. The average molecular weight is 1060 g/mol. The Morgan fingerprint density at radius 2 is 0.610 bits per heavy atom. The van der Waals surface area contributed by atoms with Gasteiger partial charge in [-0.05, 0) is 142 Å². The highest BCUT2D eigenvalue weighted by molar-refractivity contribution is 6.32. The van der Waals surface area contributed by atoms with Gasteiger partial charge in [0.15, 0.2) is 0 Å². The van der Waals surface area contributed by atoms with Gasteiger partial charge in [-0.1, -0.05) is 201 Å². The zero-order chi connectivity index (χ0) is 55.7. The predicted molar refractivity (Wildman–Crippen MR) is 352 cm³/mol. The van der Waals surface area contributed by atoms with E-state index < -0.39 is 0 Å². The highest BCUT2D eigenvalue weighted by atomic mass is 15.2. The normalized spacial score (nSPS) is 12.3. The van der Waals surface area contributed by atoms with E-state index in [9.17, 15) is 0 Å². The summed E-state index contributed by atoms with van der Waals surface area (Å²) in [6, 6.07) is 87.5. The molecule has 0 aliphatic carbocycles. The molecule has 0 atom stereocenters. The first-order chi connectivity index (χ1) is 40.0. The van der Waals surface area contributed by atoms with E-state index in [0.717, 1.165) is 34.1 Å². The van der Waals surface area contributed by atoms with Gasteiger partial charge in [0.2, 0.25) is 0 Å². The summed E-state index contributed by atoms with van der Waals surface area (Å²) in [7, 11) is 0. The average Bonchev–Trinajstić information content (AvgIpc) is 1.93. The summed E-state index contributed by atoms with van der Waals surface area (Å²) in [5, 5.41) is 9.98. The third-order valence-corrected chi connectivity index (χ3v) is 17.9. The van der Waals surface area contributed by atoms with Gasteiger partial charge in [0.25, 0.3) is 0 Å².